The van der Waals surface area contributed by atoms with E-state index in [0.717, 1.165) is 11.3 Å². The third-order valence-corrected chi connectivity index (χ3v) is 4.24. The van der Waals surface area contributed by atoms with E-state index < -0.39 is 0 Å². The van der Waals surface area contributed by atoms with Gasteiger partial charge in [0.25, 0.3) is 5.91 Å². The van der Waals surface area contributed by atoms with Crippen LogP contribution in [0, 0.1) is 6.92 Å². The molecule has 5 heteroatoms. The lowest BCUT2D eigenvalue weighted by atomic mass is 10.1. The fraction of sp³-hybridized carbons (Fsp3) is 0.143. The zero-order valence-electron chi connectivity index (χ0n) is 14.5. The molecule has 1 heterocycles. The highest BCUT2D eigenvalue weighted by Crippen LogP contribution is 2.12. The molecule has 0 saturated carbocycles. The summed E-state index contributed by atoms with van der Waals surface area (Å²) < 4.78 is 0. The molecule has 4 nitrogen and oxygen atoms in total. The summed E-state index contributed by atoms with van der Waals surface area (Å²) in [5, 5.41) is 6.87. The summed E-state index contributed by atoms with van der Waals surface area (Å²) in [5.74, 6) is -0.161. The molecule has 0 aliphatic rings. The van der Waals surface area contributed by atoms with Crippen molar-refractivity contribution in [1.82, 2.24) is 10.3 Å². The summed E-state index contributed by atoms with van der Waals surface area (Å²) in [6.07, 6.45) is 3.28. The third-order valence-electron chi connectivity index (χ3n) is 3.98. The summed E-state index contributed by atoms with van der Waals surface area (Å²) in [6, 6.07) is 17.5. The number of halogens is 1. The standard InChI is InChI=1S/C21H20ClN3O/c1-15-2-4-16(5-3-15)11-24-20-10-18(13-23-14-20)21(26)25-12-17-6-8-19(22)9-7-17/h2-10,13-14,24H,11-12H2,1H3,(H,25,26). The first-order valence-electron chi connectivity index (χ1n) is 8.37. The molecular weight excluding hydrogens is 346 g/mol. The largest absolute Gasteiger partial charge is 0.380 e. The van der Waals surface area contributed by atoms with Crippen LogP contribution in [0.2, 0.25) is 5.02 Å². The molecule has 0 saturated heterocycles. The van der Waals surface area contributed by atoms with Crippen LogP contribution in [0.3, 0.4) is 0 Å². The maximum atomic E-state index is 12.3. The van der Waals surface area contributed by atoms with Crippen molar-refractivity contribution in [3.8, 4) is 0 Å². The molecule has 3 aromatic rings. The van der Waals surface area contributed by atoms with Crippen LogP contribution in [-0.4, -0.2) is 10.9 Å². The molecule has 1 amide bonds. The lowest BCUT2D eigenvalue weighted by molar-refractivity contribution is 0.0950. The Kier molecular flexibility index (Phi) is 5.87. The number of hydrogen-bond donors (Lipinski definition) is 2. The predicted octanol–water partition coefficient (Wildman–Crippen LogP) is 4.59. The van der Waals surface area contributed by atoms with Gasteiger partial charge in [-0.3, -0.25) is 9.78 Å². The monoisotopic (exact) mass is 365 g/mol. The summed E-state index contributed by atoms with van der Waals surface area (Å²) >= 11 is 5.87. The average molecular weight is 366 g/mol. The quantitative estimate of drug-likeness (QED) is 0.672. The maximum absolute atomic E-state index is 12.3. The summed E-state index contributed by atoms with van der Waals surface area (Å²) in [5.41, 5.74) is 4.73. The zero-order valence-corrected chi connectivity index (χ0v) is 15.3. The minimum absolute atomic E-state index is 0.161. The van der Waals surface area contributed by atoms with Gasteiger partial charge in [-0.25, -0.2) is 0 Å². The van der Waals surface area contributed by atoms with Gasteiger partial charge in [-0.05, 0) is 36.2 Å². The molecule has 0 aliphatic heterocycles. The lowest BCUT2D eigenvalue weighted by Gasteiger charge is -2.09. The van der Waals surface area contributed by atoms with Crippen molar-refractivity contribution in [2.24, 2.45) is 0 Å². The van der Waals surface area contributed by atoms with Crippen molar-refractivity contribution in [2.45, 2.75) is 20.0 Å². The molecule has 26 heavy (non-hydrogen) atoms. The average Bonchev–Trinajstić information content (AvgIpc) is 2.67. The molecule has 1 aromatic heterocycles. The van der Waals surface area contributed by atoms with Crippen molar-refractivity contribution < 1.29 is 4.79 Å². The molecule has 0 fully saturated rings. The van der Waals surface area contributed by atoms with Crippen LogP contribution < -0.4 is 10.6 Å². The Hall–Kier alpha value is -2.85. The molecule has 0 spiro atoms. The van der Waals surface area contributed by atoms with E-state index in [2.05, 4.69) is 46.8 Å². The molecule has 0 atom stereocenters. The van der Waals surface area contributed by atoms with E-state index in [1.807, 2.05) is 12.1 Å². The Morgan fingerprint density at radius 1 is 0.962 bits per heavy atom. The Morgan fingerprint density at radius 2 is 1.62 bits per heavy atom. The van der Waals surface area contributed by atoms with Crippen LogP contribution in [-0.2, 0) is 13.1 Å². The molecule has 3 rings (SSSR count). The van der Waals surface area contributed by atoms with Crippen molar-refractivity contribution in [3.05, 3.63) is 94.3 Å². The molecule has 0 unspecified atom stereocenters. The number of carbonyl (C=O) groups is 1. The van der Waals surface area contributed by atoms with Crippen molar-refractivity contribution in [2.75, 3.05) is 5.32 Å². The summed E-state index contributed by atoms with van der Waals surface area (Å²) in [4.78, 5) is 16.5. The number of hydrogen-bond acceptors (Lipinski definition) is 3. The second-order valence-corrected chi connectivity index (χ2v) is 6.55. The number of carbonyl (C=O) groups excluding carboxylic acids is 1. The SMILES string of the molecule is Cc1ccc(CNc2cncc(C(=O)NCc3ccc(Cl)cc3)c2)cc1. The lowest BCUT2D eigenvalue weighted by Crippen LogP contribution is -2.23. The van der Waals surface area contributed by atoms with Gasteiger partial charge in [-0.2, -0.15) is 0 Å². The van der Waals surface area contributed by atoms with Crippen LogP contribution in [0.15, 0.2) is 67.0 Å². The van der Waals surface area contributed by atoms with Gasteiger partial charge in [0.1, 0.15) is 0 Å². The first-order chi connectivity index (χ1) is 12.6. The fourth-order valence-electron chi connectivity index (χ4n) is 2.46. The Balaban J connectivity index is 1.58. The molecule has 0 radical (unpaired) electrons. The van der Waals surface area contributed by atoms with Crippen LogP contribution in [0.1, 0.15) is 27.0 Å². The normalized spacial score (nSPS) is 10.4. The van der Waals surface area contributed by atoms with Crippen LogP contribution in [0.4, 0.5) is 5.69 Å². The number of nitrogens with one attached hydrogen (secondary N) is 2. The number of aromatic nitrogens is 1. The van der Waals surface area contributed by atoms with Gasteiger partial charge in [0.15, 0.2) is 0 Å². The minimum Gasteiger partial charge on any atom is -0.380 e. The van der Waals surface area contributed by atoms with E-state index in [4.69, 9.17) is 11.6 Å². The summed E-state index contributed by atoms with van der Waals surface area (Å²) in [6.45, 7) is 3.18. The number of rotatable bonds is 6. The minimum atomic E-state index is -0.161. The van der Waals surface area contributed by atoms with Gasteiger partial charge in [0.05, 0.1) is 11.3 Å². The number of aryl methyl sites for hydroxylation is 1. The zero-order chi connectivity index (χ0) is 18.4. The smallest absolute Gasteiger partial charge is 0.253 e. The van der Waals surface area contributed by atoms with E-state index in [-0.39, 0.29) is 5.91 Å². The molecule has 2 N–H and O–H groups in total. The highest BCUT2D eigenvalue weighted by atomic mass is 35.5. The highest BCUT2D eigenvalue weighted by molar-refractivity contribution is 6.30. The first-order valence-corrected chi connectivity index (χ1v) is 8.75. The number of anilines is 1. The van der Waals surface area contributed by atoms with Crippen molar-refractivity contribution in [1.29, 1.82) is 0 Å². The Labute approximate surface area is 158 Å². The molecular formula is C21H20ClN3O. The maximum Gasteiger partial charge on any atom is 0.253 e. The molecule has 0 bridgehead atoms. The Bertz CT molecular complexity index is 877. The Morgan fingerprint density at radius 3 is 2.35 bits per heavy atom. The predicted molar refractivity (Wildman–Crippen MR) is 105 cm³/mol. The third kappa shape index (κ3) is 5.07. The number of nitrogens with zero attached hydrogens (tertiary/aromatic N) is 1. The second-order valence-electron chi connectivity index (χ2n) is 6.11. The van der Waals surface area contributed by atoms with E-state index >= 15 is 0 Å². The van der Waals surface area contributed by atoms with Crippen LogP contribution in [0.25, 0.3) is 0 Å². The van der Waals surface area contributed by atoms with Crippen LogP contribution in [0.5, 0.6) is 0 Å². The van der Waals surface area contributed by atoms with Gasteiger partial charge in [0.2, 0.25) is 0 Å². The number of amides is 1. The van der Waals surface area contributed by atoms with Crippen LogP contribution >= 0.6 is 11.6 Å². The van der Waals surface area contributed by atoms with E-state index in [1.165, 1.54) is 11.1 Å². The summed E-state index contributed by atoms with van der Waals surface area (Å²) in [7, 11) is 0. The van der Waals surface area contributed by atoms with E-state index in [9.17, 15) is 4.79 Å². The molecule has 2 aromatic carbocycles. The van der Waals surface area contributed by atoms with Gasteiger partial charge >= 0.3 is 0 Å². The van der Waals surface area contributed by atoms with Crippen molar-refractivity contribution in [3.63, 3.8) is 0 Å². The van der Waals surface area contributed by atoms with Crippen molar-refractivity contribution >= 4 is 23.2 Å². The van der Waals surface area contributed by atoms with E-state index in [1.54, 1.807) is 30.6 Å². The molecule has 132 valence electrons. The highest BCUT2D eigenvalue weighted by Gasteiger charge is 2.07. The van der Waals surface area contributed by atoms with Gasteiger partial charge in [-0.1, -0.05) is 53.6 Å². The van der Waals surface area contributed by atoms with Gasteiger partial charge < -0.3 is 10.6 Å². The number of pyridine rings is 1. The van der Waals surface area contributed by atoms with E-state index in [0.29, 0.717) is 23.7 Å². The first kappa shape index (κ1) is 18.0. The molecule has 0 aliphatic carbocycles. The second kappa shape index (κ2) is 8.50. The van der Waals surface area contributed by atoms with Gasteiger partial charge in [-0.15, -0.1) is 0 Å². The fourth-order valence-corrected chi connectivity index (χ4v) is 2.58. The topological polar surface area (TPSA) is 54.0 Å². The van der Waals surface area contributed by atoms with Gasteiger partial charge in [0, 0.05) is 30.5 Å². The number of benzene rings is 2.